The van der Waals surface area contributed by atoms with Crippen LogP contribution in [0.3, 0.4) is 0 Å². The van der Waals surface area contributed by atoms with Crippen molar-refractivity contribution in [3.63, 3.8) is 0 Å². The van der Waals surface area contributed by atoms with Crippen LogP contribution in [0.1, 0.15) is 16.1 Å². The molecule has 2 aromatic carbocycles. The summed E-state index contributed by atoms with van der Waals surface area (Å²) in [6, 6.07) is 17.9. The van der Waals surface area contributed by atoms with E-state index in [1.54, 1.807) is 42.6 Å². The highest BCUT2D eigenvalue weighted by atomic mass is 16.5. The van der Waals surface area contributed by atoms with Gasteiger partial charge in [-0.2, -0.15) is 0 Å². The van der Waals surface area contributed by atoms with Crippen molar-refractivity contribution in [1.82, 2.24) is 15.8 Å². The molecule has 0 aliphatic rings. The fraction of sp³-hybridized carbons (Fsp3) is 0.100. The Labute approximate surface area is 156 Å². The van der Waals surface area contributed by atoms with E-state index in [1.165, 1.54) is 0 Å². The molecule has 0 saturated carbocycles. The summed E-state index contributed by atoms with van der Waals surface area (Å²) in [6.45, 7) is 1.78. The molecule has 2 amide bonds. The number of hydrogen-bond donors (Lipinski definition) is 3. The fourth-order valence-corrected chi connectivity index (χ4v) is 2.20. The van der Waals surface area contributed by atoms with Gasteiger partial charge >= 0.3 is 0 Å². The van der Waals surface area contributed by atoms with Crippen molar-refractivity contribution in [3.8, 4) is 17.2 Å². The minimum Gasteiger partial charge on any atom is -0.484 e. The predicted molar refractivity (Wildman–Crippen MR) is 99.6 cm³/mol. The lowest BCUT2D eigenvalue weighted by Crippen LogP contribution is -2.43. The van der Waals surface area contributed by atoms with E-state index >= 15 is 0 Å². The number of H-pyrrole nitrogens is 1. The zero-order valence-corrected chi connectivity index (χ0v) is 14.7. The van der Waals surface area contributed by atoms with Crippen molar-refractivity contribution in [1.29, 1.82) is 0 Å². The minimum atomic E-state index is -0.477. The second-order valence-corrected chi connectivity index (χ2v) is 5.76. The first-order valence-electron chi connectivity index (χ1n) is 8.30. The number of aromatic nitrogens is 1. The molecule has 3 N–H and O–H groups in total. The smallest absolute Gasteiger partial charge is 0.286 e. The average Bonchev–Trinajstić information content (AvgIpc) is 3.22. The molecular formula is C20H19N3O4. The minimum absolute atomic E-state index is 0.233. The van der Waals surface area contributed by atoms with E-state index in [4.69, 9.17) is 9.47 Å². The van der Waals surface area contributed by atoms with Crippen LogP contribution < -0.4 is 20.3 Å². The first-order valence-corrected chi connectivity index (χ1v) is 8.30. The first-order chi connectivity index (χ1) is 13.1. The van der Waals surface area contributed by atoms with Gasteiger partial charge in [0.05, 0.1) is 0 Å². The Morgan fingerprint density at radius 3 is 2.15 bits per heavy atom. The van der Waals surface area contributed by atoms with Crippen LogP contribution in [-0.4, -0.2) is 23.4 Å². The third kappa shape index (κ3) is 5.37. The number of rotatable bonds is 6. The van der Waals surface area contributed by atoms with Crippen molar-refractivity contribution in [2.75, 3.05) is 6.61 Å². The van der Waals surface area contributed by atoms with E-state index in [2.05, 4.69) is 15.8 Å². The van der Waals surface area contributed by atoms with Crippen molar-refractivity contribution in [2.24, 2.45) is 0 Å². The summed E-state index contributed by atoms with van der Waals surface area (Å²) in [7, 11) is 0. The van der Waals surface area contributed by atoms with Gasteiger partial charge in [-0.25, -0.2) is 0 Å². The molecular weight excluding hydrogens is 346 g/mol. The van der Waals surface area contributed by atoms with Gasteiger partial charge in [-0.1, -0.05) is 17.7 Å². The summed E-state index contributed by atoms with van der Waals surface area (Å²) >= 11 is 0. The molecule has 3 rings (SSSR count). The number of hydrazine groups is 1. The molecule has 0 radical (unpaired) electrons. The largest absolute Gasteiger partial charge is 0.484 e. The standard InChI is InChI=1S/C20H19N3O4/c1-14-4-6-16(7-5-14)27-17-10-8-15(9-11-17)26-13-19(24)22-23-20(25)18-3-2-12-21-18/h2-12,21H,13H2,1H3,(H,22,24)(H,23,25). The number of amides is 2. The molecule has 138 valence electrons. The van der Waals surface area contributed by atoms with Gasteiger partial charge in [0.1, 0.15) is 22.9 Å². The lowest BCUT2D eigenvalue weighted by Gasteiger charge is -2.09. The number of carbonyl (C=O) groups is 2. The molecule has 0 fully saturated rings. The van der Waals surface area contributed by atoms with E-state index in [0.29, 0.717) is 17.2 Å². The molecule has 0 bridgehead atoms. The average molecular weight is 365 g/mol. The zero-order chi connectivity index (χ0) is 19.1. The maximum absolute atomic E-state index is 11.7. The quantitative estimate of drug-likeness (QED) is 0.586. The number of hydrogen-bond acceptors (Lipinski definition) is 4. The summed E-state index contributed by atoms with van der Waals surface area (Å²) in [6.07, 6.45) is 1.62. The molecule has 27 heavy (non-hydrogen) atoms. The van der Waals surface area contributed by atoms with E-state index in [9.17, 15) is 9.59 Å². The molecule has 0 saturated heterocycles. The lowest BCUT2D eigenvalue weighted by molar-refractivity contribution is -0.123. The van der Waals surface area contributed by atoms with Crippen molar-refractivity contribution in [2.45, 2.75) is 6.92 Å². The SMILES string of the molecule is Cc1ccc(Oc2ccc(OCC(=O)NNC(=O)c3ccc[nH]3)cc2)cc1. The Kier molecular flexibility index (Phi) is 5.73. The highest BCUT2D eigenvalue weighted by molar-refractivity contribution is 5.93. The van der Waals surface area contributed by atoms with Crippen LogP contribution >= 0.6 is 0 Å². The Balaban J connectivity index is 1.43. The summed E-state index contributed by atoms with van der Waals surface area (Å²) in [4.78, 5) is 26.2. The number of aryl methyl sites for hydroxylation is 1. The topological polar surface area (TPSA) is 92.4 Å². The Morgan fingerprint density at radius 2 is 1.52 bits per heavy atom. The molecule has 7 nitrogen and oxygen atoms in total. The second kappa shape index (κ2) is 8.57. The summed E-state index contributed by atoms with van der Waals surface area (Å²) in [5.74, 6) is 0.998. The van der Waals surface area contributed by atoms with Gasteiger partial charge in [0.2, 0.25) is 0 Å². The van der Waals surface area contributed by atoms with Crippen LogP contribution in [0.2, 0.25) is 0 Å². The monoisotopic (exact) mass is 365 g/mol. The molecule has 7 heteroatoms. The molecule has 0 spiro atoms. The van der Waals surface area contributed by atoms with Crippen LogP contribution in [0, 0.1) is 6.92 Å². The number of benzene rings is 2. The van der Waals surface area contributed by atoms with Crippen molar-refractivity contribution >= 4 is 11.8 Å². The van der Waals surface area contributed by atoms with Gasteiger partial charge in [-0.3, -0.25) is 20.4 Å². The molecule has 0 aliphatic carbocycles. The zero-order valence-electron chi connectivity index (χ0n) is 14.7. The fourth-order valence-electron chi connectivity index (χ4n) is 2.20. The summed E-state index contributed by atoms with van der Waals surface area (Å²) < 4.78 is 11.1. The van der Waals surface area contributed by atoms with Gasteiger partial charge in [-0.15, -0.1) is 0 Å². The number of aromatic amines is 1. The molecule has 0 atom stereocenters. The van der Waals surface area contributed by atoms with Crippen LogP contribution in [0.25, 0.3) is 0 Å². The lowest BCUT2D eigenvalue weighted by atomic mass is 10.2. The molecule has 0 unspecified atom stereocenters. The third-order valence-corrected chi connectivity index (χ3v) is 3.61. The number of carbonyl (C=O) groups excluding carboxylic acids is 2. The van der Waals surface area contributed by atoms with E-state index < -0.39 is 11.8 Å². The molecule has 0 aliphatic heterocycles. The maximum atomic E-state index is 11.7. The predicted octanol–water partition coefficient (Wildman–Crippen LogP) is 2.96. The highest BCUT2D eigenvalue weighted by Gasteiger charge is 2.08. The van der Waals surface area contributed by atoms with Gasteiger partial charge < -0.3 is 14.5 Å². The molecule has 1 aromatic heterocycles. The van der Waals surface area contributed by atoms with Crippen molar-refractivity contribution < 1.29 is 19.1 Å². The Bertz CT molecular complexity index is 888. The molecule has 1 heterocycles. The number of ether oxygens (including phenoxy) is 2. The Hall–Kier alpha value is -3.74. The normalized spacial score (nSPS) is 10.1. The van der Waals surface area contributed by atoms with Crippen LogP contribution in [0.4, 0.5) is 0 Å². The van der Waals surface area contributed by atoms with E-state index in [-0.39, 0.29) is 6.61 Å². The van der Waals surface area contributed by atoms with Crippen LogP contribution in [0.5, 0.6) is 17.2 Å². The van der Waals surface area contributed by atoms with E-state index in [1.807, 2.05) is 31.2 Å². The van der Waals surface area contributed by atoms with Gasteiger partial charge in [-0.05, 0) is 55.5 Å². The second-order valence-electron chi connectivity index (χ2n) is 5.76. The van der Waals surface area contributed by atoms with Crippen LogP contribution in [-0.2, 0) is 4.79 Å². The van der Waals surface area contributed by atoms with Crippen LogP contribution in [0.15, 0.2) is 66.9 Å². The highest BCUT2D eigenvalue weighted by Crippen LogP contribution is 2.24. The first kappa shape index (κ1) is 18.1. The van der Waals surface area contributed by atoms with Crippen molar-refractivity contribution in [3.05, 3.63) is 78.1 Å². The van der Waals surface area contributed by atoms with Gasteiger partial charge in [0.15, 0.2) is 6.61 Å². The summed E-state index contributed by atoms with van der Waals surface area (Å²) in [5.41, 5.74) is 6.08. The maximum Gasteiger partial charge on any atom is 0.286 e. The van der Waals surface area contributed by atoms with Gasteiger partial charge in [0.25, 0.3) is 11.8 Å². The number of nitrogens with one attached hydrogen (secondary N) is 3. The van der Waals surface area contributed by atoms with Gasteiger partial charge in [0, 0.05) is 6.20 Å². The molecule has 3 aromatic rings. The third-order valence-electron chi connectivity index (χ3n) is 3.61. The Morgan fingerprint density at radius 1 is 0.889 bits per heavy atom. The van der Waals surface area contributed by atoms with E-state index in [0.717, 1.165) is 11.3 Å². The summed E-state index contributed by atoms with van der Waals surface area (Å²) in [5, 5.41) is 0.